The molecular formula is C19H21NO5. The maximum Gasteiger partial charge on any atom is 0.337 e. The minimum absolute atomic E-state index is 0.188. The first-order chi connectivity index (χ1) is 12.1. The molecule has 2 aromatic rings. The quantitative estimate of drug-likeness (QED) is 0.782. The van der Waals surface area contributed by atoms with Crippen LogP contribution in [0, 0.1) is 0 Å². The highest BCUT2D eigenvalue weighted by molar-refractivity contribution is 5.94. The van der Waals surface area contributed by atoms with Gasteiger partial charge in [-0.2, -0.15) is 0 Å². The summed E-state index contributed by atoms with van der Waals surface area (Å²) >= 11 is 0. The van der Waals surface area contributed by atoms with E-state index in [1.54, 1.807) is 37.4 Å². The van der Waals surface area contributed by atoms with Crippen molar-refractivity contribution in [2.24, 2.45) is 0 Å². The number of benzene rings is 2. The normalized spacial score (nSPS) is 10.0. The van der Waals surface area contributed by atoms with Crippen LogP contribution >= 0.6 is 0 Å². The van der Waals surface area contributed by atoms with Crippen LogP contribution < -0.4 is 14.8 Å². The van der Waals surface area contributed by atoms with Crippen LogP contribution in [-0.2, 0) is 11.2 Å². The highest BCUT2D eigenvalue weighted by atomic mass is 16.5. The van der Waals surface area contributed by atoms with Gasteiger partial charge < -0.3 is 19.5 Å². The molecule has 6 heteroatoms. The molecule has 0 spiro atoms. The lowest BCUT2D eigenvalue weighted by molar-refractivity contribution is 0.0600. The van der Waals surface area contributed by atoms with Crippen molar-refractivity contribution in [2.45, 2.75) is 6.42 Å². The minimum atomic E-state index is -0.367. The number of rotatable bonds is 7. The lowest BCUT2D eigenvalue weighted by Gasteiger charge is -2.10. The van der Waals surface area contributed by atoms with Gasteiger partial charge in [0, 0.05) is 12.1 Å². The van der Waals surface area contributed by atoms with Gasteiger partial charge in [0.1, 0.15) is 0 Å². The van der Waals surface area contributed by atoms with Crippen molar-refractivity contribution in [1.29, 1.82) is 0 Å². The van der Waals surface area contributed by atoms with E-state index in [0.717, 1.165) is 5.56 Å². The summed E-state index contributed by atoms with van der Waals surface area (Å²) in [5.74, 6) is 0.527. The molecule has 0 aromatic heterocycles. The molecule has 0 saturated heterocycles. The summed E-state index contributed by atoms with van der Waals surface area (Å²) in [6.07, 6.45) is 0.653. The van der Waals surface area contributed by atoms with Crippen LogP contribution in [0.3, 0.4) is 0 Å². The molecule has 2 aromatic carbocycles. The predicted molar refractivity (Wildman–Crippen MR) is 93.4 cm³/mol. The second kappa shape index (κ2) is 8.73. The zero-order valence-corrected chi connectivity index (χ0v) is 14.5. The Morgan fingerprint density at radius 1 is 0.880 bits per heavy atom. The first kappa shape index (κ1) is 18.3. The Kier molecular flexibility index (Phi) is 6.39. The highest BCUT2D eigenvalue weighted by Gasteiger charge is 2.10. The number of nitrogens with one attached hydrogen (secondary N) is 1. The summed E-state index contributed by atoms with van der Waals surface area (Å²) < 4.78 is 15.0. The highest BCUT2D eigenvalue weighted by Crippen LogP contribution is 2.27. The standard InChI is InChI=1S/C19H21NO5/c1-23-16-9-8-15(12-17(16)24-2)18(21)20-11-10-13-4-6-14(7-5-13)19(22)25-3/h4-9,12H,10-11H2,1-3H3,(H,20,21). The largest absolute Gasteiger partial charge is 0.493 e. The third-order valence-electron chi connectivity index (χ3n) is 3.72. The second-order valence-electron chi connectivity index (χ2n) is 5.26. The van der Waals surface area contributed by atoms with Gasteiger partial charge in [0.05, 0.1) is 26.9 Å². The van der Waals surface area contributed by atoms with E-state index in [-0.39, 0.29) is 11.9 Å². The molecule has 0 atom stereocenters. The van der Waals surface area contributed by atoms with E-state index >= 15 is 0 Å². The summed E-state index contributed by atoms with van der Waals surface area (Å²) in [5.41, 5.74) is 2.01. The molecule has 2 rings (SSSR count). The van der Waals surface area contributed by atoms with Crippen LogP contribution in [-0.4, -0.2) is 39.8 Å². The molecule has 0 radical (unpaired) electrons. The molecule has 6 nitrogen and oxygen atoms in total. The fourth-order valence-corrected chi connectivity index (χ4v) is 2.33. The van der Waals surface area contributed by atoms with Crippen molar-refractivity contribution in [3.63, 3.8) is 0 Å². The van der Waals surface area contributed by atoms with Crippen LogP contribution in [0.2, 0.25) is 0 Å². The van der Waals surface area contributed by atoms with Gasteiger partial charge >= 0.3 is 5.97 Å². The fourth-order valence-electron chi connectivity index (χ4n) is 2.33. The van der Waals surface area contributed by atoms with E-state index < -0.39 is 0 Å². The molecule has 0 saturated carbocycles. The van der Waals surface area contributed by atoms with Crippen LogP contribution in [0.15, 0.2) is 42.5 Å². The molecule has 0 aliphatic carbocycles. The molecule has 0 aliphatic heterocycles. The average molecular weight is 343 g/mol. The second-order valence-corrected chi connectivity index (χ2v) is 5.26. The Morgan fingerprint density at radius 2 is 1.52 bits per heavy atom. The van der Waals surface area contributed by atoms with E-state index in [1.807, 2.05) is 12.1 Å². The number of amides is 1. The molecule has 0 heterocycles. The van der Waals surface area contributed by atoms with Gasteiger partial charge in [-0.25, -0.2) is 4.79 Å². The number of methoxy groups -OCH3 is 3. The van der Waals surface area contributed by atoms with Crippen molar-refractivity contribution in [3.8, 4) is 11.5 Å². The Morgan fingerprint density at radius 3 is 2.12 bits per heavy atom. The van der Waals surface area contributed by atoms with E-state index in [0.29, 0.717) is 35.6 Å². The molecule has 0 bridgehead atoms. The van der Waals surface area contributed by atoms with Crippen molar-refractivity contribution in [1.82, 2.24) is 5.32 Å². The van der Waals surface area contributed by atoms with Crippen LogP contribution in [0.5, 0.6) is 11.5 Å². The summed E-state index contributed by atoms with van der Waals surface area (Å²) in [4.78, 5) is 23.6. The number of carbonyl (C=O) groups excluding carboxylic acids is 2. The monoisotopic (exact) mass is 343 g/mol. The number of ether oxygens (including phenoxy) is 3. The van der Waals surface area contributed by atoms with Gasteiger partial charge in [-0.05, 0) is 42.3 Å². The van der Waals surface area contributed by atoms with Gasteiger partial charge in [0.15, 0.2) is 11.5 Å². The average Bonchev–Trinajstić information content (AvgIpc) is 2.67. The lowest BCUT2D eigenvalue weighted by atomic mass is 10.1. The van der Waals surface area contributed by atoms with Crippen molar-refractivity contribution in [3.05, 3.63) is 59.2 Å². The zero-order valence-electron chi connectivity index (χ0n) is 14.5. The lowest BCUT2D eigenvalue weighted by Crippen LogP contribution is -2.25. The van der Waals surface area contributed by atoms with E-state index in [4.69, 9.17) is 9.47 Å². The molecule has 25 heavy (non-hydrogen) atoms. The summed E-state index contributed by atoms with van der Waals surface area (Å²) in [6.45, 7) is 0.477. The Labute approximate surface area is 146 Å². The molecule has 1 amide bonds. The van der Waals surface area contributed by atoms with Crippen molar-refractivity contribution in [2.75, 3.05) is 27.9 Å². The third kappa shape index (κ3) is 4.73. The van der Waals surface area contributed by atoms with Crippen molar-refractivity contribution >= 4 is 11.9 Å². The minimum Gasteiger partial charge on any atom is -0.493 e. The first-order valence-electron chi connectivity index (χ1n) is 7.76. The van der Waals surface area contributed by atoms with Gasteiger partial charge in [0.25, 0.3) is 5.91 Å². The number of carbonyl (C=O) groups is 2. The smallest absolute Gasteiger partial charge is 0.337 e. The number of hydrogen-bond donors (Lipinski definition) is 1. The first-order valence-corrected chi connectivity index (χ1v) is 7.76. The van der Waals surface area contributed by atoms with Crippen LogP contribution in [0.25, 0.3) is 0 Å². The summed E-state index contributed by atoms with van der Waals surface area (Å²) in [6, 6.07) is 12.1. The predicted octanol–water partition coefficient (Wildman–Crippen LogP) is 2.46. The fraction of sp³-hybridized carbons (Fsp3) is 0.263. The van der Waals surface area contributed by atoms with Gasteiger partial charge in [0.2, 0.25) is 0 Å². The van der Waals surface area contributed by atoms with Gasteiger partial charge in [-0.1, -0.05) is 12.1 Å². The van der Waals surface area contributed by atoms with E-state index in [2.05, 4.69) is 10.1 Å². The molecule has 1 N–H and O–H groups in total. The van der Waals surface area contributed by atoms with E-state index in [9.17, 15) is 9.59 Å². The summed E-state index contributed by atoms with van der Waals surface area (Å²) in [7, 11) is 4.42. The van der Waals surface area contributed by atoms with E-state index in [1.165, 1.54) is 14.2 Å². The topological polar surface area (TPSA) is 73.9 Å². The Bertz CT molecular complexity index is 740. The van der Waals surface area contributed by atoms with Crippen LogP contribution in [0.1, 0.15) is 26.3 Å². The molecule has 0 unspecified atom stereocenters. The Balaban J connectivity index is 1.91. The van der Waals surface area contributed by atoms with Crippen molar-refractivity contribution < 1.29 is 23.8 Å². The maximum absolute atomic E-state index is 12.2. The van der Waals surface area contributed by atoms with Crippen LogP contribution in [0.4, 0.5) is 0 Å². The molecular weight excluding hydrogens is 322 g/mol. The van der Waals surface area contributed by atoms with Gasteiger partial charge in [-0.3, -0.25) is 4.79 Å². The SMILES string of the molecule is COC(=O)c1ccc(CCNC(=O)c2ccc(OC)c(OC)c2)cc1. The maximum atomic E-state index is 12.2. The van der Waals surface area contributed by atoms with Gasteiger partial charge in [-0.15, -0.1) is 0 Å². The number of esters is 1. The molecule has 132 valence electrons. The molecule has 0 fully saturated rings. The third-order valence-corrected chi connectivity index (χ3v) is 3.72. The zero-order chi connectivity index (χ0) is 18.2. The summed E-state index contributed by atoms with van der Waals surface area (Å²) in [5, 5.41) is 2.86. The Hall–Kier alpha value is -3.02. The number of hydrogen-bond acceptors (Lipinski definition) is 5. The molecule has 0 aliphatic rings.